The summed E-state index contributed by atoms with van der Waals surface area (Å²) >= 11 is 0.844. The lowest BCUT2D eigenvalue weighted by Gasteiger charge is -2.30. The van der Waals surface area contributed by atoms with Crippen molar-refractivity contribution in [2.75, 3.05) is 18.1 Å². The third-order valence-electron chi connectivity index (χ3n) is 8.40. The van der Waals surface area contributed by atoms with Crippen LogP contribution in [0, 0.1) is 5.95 Å². The maximum atomic E-state index is 14.1. The van der Waals surface area contributed by atoms with E-state index in [1.54, 1.807) is 24.3 Å². The number of thiazole rings is 1. The minimum Gasteiger partial charge on any atom is -0.353 e. The van der Waals surface area contributed by atoms with E-state index in [4.69, 9.17) is 5.14 Å². The van der Waals surface area contributed by atoms with Gasteiger partial charge in [0.05, 0.1) is 28.1 Å². The lowest BCUT2D eigenvalue weighted by Crippen LogP contribution is -2.52. The van der Waals surface area contributed by atoms with Gasteiger partial charge in [-0.1, -0.05) is 90.0 Å². The maximum Gasteiger partial charge on any atom is 0.390 e. The van der Waals surface area contributed by atoms with Gasteiger partial charge >= 0.3 is 6.18 Å². The number of carbonyl (C=O) groups is 1. The Hall–Kier alpha value is -2.69. The summed E-state index contributed by atoms with van der Waals surface area (Å²) in [6, 6.07) is 7.59. The van der Waals surface area contributed by atoms with Gasteiger partial charge in [-0.2, -0.15) is 17.6 Å². The molecule has 9 nitrogen and oxygen atoms in total. The number of fused-ring (bicyclic) bond motifs is 1. The normalized spacial score (nSPS) is 13.8. The monoisotopic (exact) mass is 750 g/mol. The Kier molecular flexibility index (Phi) is 15.4. The Morgan fingerprint density at radius 3 is 2.00 bits per heavy atom. The highest BCUT2D eigenvalue weighted by atomic mass is 32.2. The number of hydrogen-bond acceptors (Lipinski definition) is 8. The number of benzene rings is 1. The average Bonchev–Trinajstić information content (AvgIpc) is 3.45. The van der Waals surface area contributed by atoms with Crippen molar-refractivity contribution in [2.24, 2.45) is 5.14 Å². The Balaban J connectivity index is 1.93. The van der Waals surface area contributed by atoms with Crippen molar-refractivity contribution in [2.45, 2.75) is 108 Å². The smallest absolute Gasteiger partial charge is 0.353 e. The van der Waals surface area contributed by atoms with Gasteiger partial charge in [0.1, 0.15) is 5.01 Å². The number of rotatable bonds is 22. The van der Waals surface area contributed by atoms with E-state index in [1.807, 2.05) is 0 Å². The number of pyridine rings is 1. The molecule has 3 N–H and O–H groups in total. The summed E-state index contributed by atoms with van der Waals surface area (Å²) in [7, 11) is -8.94. The van der Waals surface area contributed by atoms with Gasteiger partial charge in [0.25, 0.3) is 0 Å². The van der Waals surface area contributed by atoms with Crippen LogP contribution in [0.3, 0.4) is 0 Å². The second-order valence-corrected chi connectivity index (χ2v) is 17.4. The molecule has 2 aromatic heterocycles. The second kappa shape index (κ2) is 18.5. The minimum atomic E-state index is -4.89. The fraction of sp³-hybridized carbons (Fsp3) is 0.606. The first kappa shape index (κ1) is 40.7. The van der Waals surface area contributed by atoms with Crippen molar-refractivity contribution in [3.8, 4) is 11.1 Å². The number of carbonyl (C=O) groups excluding carboxylic acids is 1. The Morgan fingerprint density at radius 1 is 0.837 bits per heavy atom. The van der Waals surface area contributed by atoms with Gasteiger partial charge in [-0.05, 0) is 35.7 Å². The van der Waals surface area contributed by atoms with Crippen molar-refractivity contribution in [1.82, 2.24) is 15.3 Å². The van der Waals surface area contributed by atoms with Crippen LogP contribution in [-0.4, -0.2) is 56.9 Å². The van der Waals surface area contributed by atoms with Crippen LogP contribution in [0.15, 0.2) is 36.5 Å². The number of hydrogen-bond donors (Lipinski definition) is 2. The zero-order valence-corrected chi connectivity index (χ0v) is 30.2. The molecule has 0 spiro atoms. The molecule has 274 valence electrons. The van der Waals surface area contributed by atoms with Crippen LogP contribution in [0.5, 0.6) is 0 Å². The molecule has 0 aliphatic rings. The summed E-state index contributed by atoms with van der Waals surface area (Å²) < 4.78 is 103. The van der Waals surface area contributed by atoms with Gasteiger partial charge in [-0.3, -0.25) is 4.79 Å². The molecule has 3 rings (SSSR count). The molecule has 0 aliphatic carbocycles. The summed E-state index contributed by atoms with van der Waals surface area (Å²) in [5.41, 5.74) is 1.32. The second-order valence-electron chi connectivity index (χ2n) is 12.3. The van der Waals surface area contributed by atoms with Gasteiger partial charge in [0, 0.05) is 18.8 Å². The van der Waals surface area contributed by atoms with Gasteiger partial charge in [0.15, 0.2) is 9.84 Å². The molecule has 0 fully saturated rings. The first-order valence-corrected chi connectivity index (χ1v) is 20.9. The Labute approximate surface area is 290 Å². The zero-order chi connectivity index (χ0) is 36.1. The highest BCUT2D eigenvalue weighted by Crippen LogP contribution is 2.43. The topological polar surface area (TPSA) is 149 Å². The lowest BCUT2D eigenvalue weighted by molar-refractivity contribution is -0.130. The third kappa shape index (κ3) is 12.5. The number of nitrogens with two attached hydrogens (primary N) is 1. The highest BCUT2D eigenvalue weighted by Gasteiger charge is 2.54. The van der Waals surface area contributed by atoms with Crippen LogP contribution in [-0.2, 0) is 29.4 Å². The van der Waals surface area contributed by atoms with Crippen molar-refractivity contribution < 1.29 is 39.2 Å². The molecule has 16 heteroatoms. The molecular formula is C33H46F4N4O5S3. The maximum absolute atomic E-state index is 14.1. The number of sulfone groups is 1. The molecule has 0 aliphatic heterocycles. The molecule has 1 amide bonds. The van der Waals surface area contributed by atoms with Crippen LogP contribution < -0.4 is 10.5 Å². The molecule has 0 bridgehead atoms. The summed E-state index contributed by atoms with van der Waals surface area (Å²) in [4.78, 5) is 22.0. The van der Waals surface area contributed by atoms with E-state index in [2.05, 4.69) is 22.2 Å². The van der Waals surface area contributed by atoms with E-state index in [9.17, 15) is 39.2 Å². The summed E-state index contributed by atoms with van der Waals surface area (Å²) in [5.74, 6) is -3.94. The van der Waals surface area contributed by atoms with Gasteiger partial charge < -0.3 is 5.32 Å². The number of sulfonamides is 1. The molecule has 1 atom stereocenters. The SMILES string of the molecule is CCCCCCCCCCCCCCC(C(=O)NCCS(N)(=O)=O)(c1nc2ccc(-c3ccnc(F)c3)cc2s1)S(=O)(=O)CCC(F)(F)F. The Morgan fingerprint density at radius 2 is 1.43 bits per heavy atom. The number of nitrogens with zero attached hydrogens (tertiary/aromatic N) is 2. The summed E-state index contributed by atoms with van der Waals surface area (Å²) in [5, 5.41) is 7.17. The van der Waals surface area contributed by atoms with Crippen LogP contribution in [0.1, 0.15) is 102 Å². The van der Waals surface area contributed by atoms with Crippen molar-refractivity contribution >= 4 is 47.3 Å². The summed E-state index contributed by atoms with van der Waals surface area (Å²) in [6.07, 6.45) is 6.07. The lowest BCUT2D eigenvalue weighted by atomic mass is 9.98. The standard InChI is InChI=1S/C33H46F4N4O5S3/c1-2-3-4-5-6-7-8-9-10-11-12-13-17-32(30(42)40-20-22-49(38,45)46,48(43,44)21-18-33(35,36)37)31-41-27-15-14-25(23-28(27)47-31)26-16-19-39-29(34)24-26/h14-16,19,23-24H,2-13,17-18,20-22H2,1H3,(H,40,42)(H2,38,45,46). The van der Waals surface area contributed by atoms with Crippen LogP contribution >= 0.6 is 11.3 Å². The fourth-order valence-electron chi connectivity index (χ4n) is 5.70. The van der Waals surface area contributed by atoms with Crippen molar-refractivity contribution in [1.29, 1.82) is 0 Å². The number of halogens is 4. The molecule has 2 heterocycles. The largest absolute Gasteiger partial charge is 0.390 e. The quantitative estimate of drug-likeness (QED) is 0.0612. The molecular weight excluding hydrogens is 705 g/mol. The number of unbranched alkanes of at least 4 members (excludes halogenated alkanes) is 11. The molecule has 0 saturated heterocycles. The zero-order valence-electron chi connectivity index (χ0n) is 27.7. The molecule has 1 aromatic carbocycles. The molecule has 0 saturated carbocycles. The Bertz CT molecular complexity index is 1730. The molecule has 0 radical (unpaired) electrons. The highest BCUT2D eigenvalue weighted by molar-refractivity contribution is 7.93. The predicted octanol–water partition coefficient (Wildman–Crippen LogP) is 7.56. The number of primary sulfonamides is 1. The van der Waals surface area contributed by atoms with Gasteiger partial charge in [-0.25, -0.2) is 31.9 Å². The first-order chi connectivity index (χ1) is 23.1. The van der Waals surface area contributed by atoms with Crippen LogP contribution in [0.2, 0.25) is 0 Å². The first-order valence-electron chi connectivity index (χ1n) is 16.7. The van der Waals surface area contributed by atoms with E-state index < -0.39 is 67.1 Å². The number of amides is 1. The summed E-state index contributed by atoms with van der Waals surface area (Å²) in [6.45, 7) is 1.63. The van der Waals surface area contributed by atoms with E-state index in [1.165, 1.54) is 44.4 Å². The number of aromatic nitrogens is 2. The van der Waals surface area contributed by atoms with Crippen molar-refractivity contribution in [3.05, 3.63) is 47.5 Å². The fourth-order valence-corrected chi connectivity index (χ4v) is 9.67. The third-order valence-corrected chi connectivity index (χ3v) is 12.9. The van der Waals surface area contributed by atoms with Crippen LogP contribution in [0.25, 0.3) is 21.3 Å². The minimum absolute atomic E-state index is 0.197. The van der Waals surface area contributed by atoms with Crippen molar-refractivity contribution in [3.63, 3.8) is 0 Å². The molecule has 49 heavy (non-hydrogen) atoms. The predicted molar refractivity (Wildman–Crippen MR) is 186 cm³/mol. The van der Waals surface area contributed by atoms with Gasteiger partial charge in [-0.15, -0.1) is 11.3 Å². The van der Waals surface area contributed by atoms with Gasteiger partial charge in [0.2, 0.25) is 26.6 Å². The number of nitrogens with one attached hydrogen (secondary N) is 1. The van der Waals surface area contributed by atoms with E-state index in [0.29, 0.717) is 27.8 Å². The molecule has 1 unspecified atom stereocenters. The van der Waals surface area contributed by atoms with E-state index >= 15 is 0 Å². The average molecular weight is 751 g/mol. The van der Waals surface area contributed by atoms with E-state index in [0.717, 1.165) is 43.4 Å². The molecule has 3 aromatic rings. The number of alkyl halides is 3. The van der Waals surface area contributed by atoms with Crippen LogP contribution in [0.4, 0.5) is 17.6 Å². The van der Waals surface area contributed by atoms with E-state index in [-0.39, 0.29) is 17.8 Å².